The Kier molecular flexibility index (Phi) is 4.32. The number of rotatable bonds is 4. The minimum atomic E-state index is -3.15. The monoisotopic (exact) mass is 369 g/mol. The van der Waals surface area contributed by atoms with Gasteiger partial charge in [0.15, 0.2) is 9.84 Å². The molecule has 1 unspecified atom stereocenters. The van der Waals surface area contributed by atoms with E-state index in [1.807, 2.05) is 12.1 Å². The number of sulfone groups is 1. The highest BCUT2D eigenvalue weighted by molar-refractivity contribution is 7.90. The lowest BCUT2D eigenvalue weighted by molar-refractivity contribution is 0.241. The number of likely N-dealkylation sites (tertiary alicyclic amines) is 1. The summed E-state index contributed by atoms with van der Waals surface area (Å²) in [5.74, 6) is 1.03. The molecule has 0 bridgehead atoms. The summed E-state index contributed by atoms with van der Waals surface area (Å²) in [5, 5.41) is 0. The van der Waals surface area contributed by atoms with Crippen LogP contribution < -0.4 is 0 Å². The molecule has 2 aromatic carbocycles. The van der Waals surface area contributed by atoms with E-state index in [0.29, 0.717) is 4.90 Å². The number of aryl methyl sites for hydroxylation is 1. The maximum Gasteiger partial charge on any atom is 0.175 e. The molecule has 1 aromatic heterocycles. The zero-order valence-electron chi connectivity index (χ0n) is 15.1. The minimum absolute atomic E-state index is 0.274. The molecule has 0 radical (unpaired) electrons. The van der Waals surface area contributed by atoms with E-state index in [-0.39, 0.29) is 6.04 Å². The van der Waals surface area contributed by atoms with Crippen LogP contribution in [-0.4, -0.2) is 36.1 Å². The lowest BCUT2D eigenvalue weighted by Crippen LogP contribution is -2.23. The van der Waals surface area contributed by atoms with Crippen molar-refractivity contribution in [2.75, 3.05) is 12.8 Å². The lowest BCUT2D eigenvalue weighted by atomic mass is 10.1. The summed E-state index contributed by atoms with van der Waals surface area (Å²) in [4.78, 5) is 11.1. The van der Waals surface area contributed by atoms with Gasteiger partial charge in [-0.1, -0.05) is 24.3 Å². The molecule has 6 heteroatoms. The first-order valence-corrected chi connectivity index (χ1v) is 10.8. The molecule has 4 rings (SSSR count). The summed E-state index contributed by atoms with van der Waals surface area (Å²) in [5.41, 5.74) is 4.44. The molecule has 1 fully saturated rings. The molecule has 1 aliphatic heterocycles. The van der Waals surface area contributed by atoms with Crippen LogP contribution in [0.2, 0.25) is 0 Å². The van der Waals surface area contributed by atoms with Crippen molar-refractivity contribution in [3.63, 3.8) is 0 Å². The van der Waals surface area contributed by atoms with Crippen LogP contribution in [-0.2, 0) is 16.4 Å². The topological polar surface area (TPSA) is 66.1 Å². The molecule has 0 saturated carbocycles. The molecular weight excluding hydrogens is 346 g/mol. The summed E-state index contributed by atoms with van der Waals surface area (Å²) in [6.45, 7) is 3.90. The number of nitrogens with one attached hydrogen (secondary N) is 1. The Morgan fingerprint density at radius 2 is 1.96 bits per heavy atom. The highest BCUT2D eigenvalue weighted by atomic mass is 32.2. The Hall–Kier alpha value is -2.18. The number of benzene rings is 2. The molecule has 1 atom stereocenters. The number of hydrogen-bond acceptors (Lipinski definition) is 4. The second-order valence-electron chi connectivity index (χ2n) is 7.14. The van der Waals surface area contributed by atoms with Crippen molar-refractivity contribution in [3.8, 4) is 0 Å². The third kappa shape index (κ3) is 3.27. The molecule has 5 nitrogen and oxygen atoms in total. The second-order valence-corrected chi connectivity index (χ2v) is 9.15. The van der Waals surface area contributed by atoms with Crippen LogP contribution in [0.4, 0.5) is 0 Å². The van der Waals surface area contributed by atoms with E-state index in [0.717, 1.165) is 48.4 Å². The first-order chi connectivity index (χ1) is 12.4. The zero-order valence-corrected chi connectivity index (χ0v) is 15.9. The van der Waals surface area contributed by atoms with E-state index >= 15 is 0 Å². The van der Waals surface area contributed by atoms with Crippen LogP contribution in [0.25, 0.3) is 11.0 Å². The van der Waals surface area contributed by atoms with Gasteiger partial charge in [-0.05, 0) is 55.6 Å². The number of fused-ring (bicyclic) bond motifs is 1. The molecule has 26 heavy (non-hydrogen) atoms. The summed E-state index contributed by atoms with van der Waals surface area (Å²) in [7, 11) is -3.15. The van der Waals surface area contributed by atoms with Gasteiger partial charge in [0, 0.05) is 12.8 Å². The third-order valence-electron chi connectivity index (χ3n) is 5.15. The number of hydrogen-bond donors (Lipinski definition) is 1. The Morgan fingerprint density at radius 3 is 2.65 bits per heavy atom. The van der Waals surface area contributed by atoms with E-state index in [4.69, 9.17) is 4.98 Å². The van der Waals surface area contributed by atoms with Gasteiger partial charge >= 0.3 is 0 Å². The quantitative estimate of drug-likeness (QED) is 0.763. The molecule has 1 saturated heterocycles. The number of para-hydroxylation sites is 1. The van der Waals surface area contributed by atoms with Crippen molar-refractivity contribution >= 4 is 20.9 Å². The van der Waals surface area contributed by atoms with Gasteiger partial charge in [-0.15, -0.1) is 0 Å². The largest absolute Gasteiger partial charge is 0.341 e. The Bertz CT molecular complexity index is 1040. The molecule has 136 valence electrons. The highest BCUT2D eigenvalue weighted by Crippen LogP contribution is 2.33. The number of H-pyrrole nitrogens is 1. The normalized spacial score (nSPS) is 18.6. The molecule has 1 aliphatic rings. The van der Waals surface area contributed by atoms with Crippen LogP contribution in [0.1, 0.15) is 35.8 Å². The second kappa shape index (κ2) is 6.52. The van der Waals surface area contributed by atoms with Crippen LogP contribution in [0.3, 0.4) is 0 Å². The molecular formula is C20H23N3O2S. The average Bonchev–Trinajstić information content (AvgIpc) is 3.21. The predicted molar refractivity (Wildman–Crippen MR) is 103 cm³/mol. The fourth-order valence-electron chi connectivity index (χ4n) is 3.75. The Balaban J connectivity index is 1.57. The molecule has 0 amide bonds. The van der Waals surface area contributed by atoms with E-state index in [2.05, 4.69) is 35.0 Å². The summed E-state index contributed by atoms with van der Waals surface area (Å²) >= 11 is 0. The SMILES string of the molecule is Cc1cccc2[nH]c(C3CCCN3Cc3ccc(S(C)(=O)=O)cc3)nc12. The third-order valence-corrected chi connectivity index (χ3v) is 6.28. The van der Waals surface area contributed by atoms with Gasteiger partial charge in [-0.25, -0.2) is 13.4 Å². The molecule has 0 aliphatic carbocycles. The van der Waals surface area contributed by atoms with Crippen molar-refractivity contribution in [3.05, 3.63) is 59.4 Å². The Morgan fingerprint density at radius 1 is 1.19 bits per heavy atom. The van der Waals surface area contributed by atoms with Crippen molar-refractivity contribution in [1.29, 1.82) is 0 Å². The van der Waals surface area contributed by atoms with Crippen LogP contribution >= 0.6 is 0 Å². The summed E-state index contributed by atoms with van der Waals surface area (Å²) in [6, 6.07) is 13.7. The zero-order chi connectivity index (χ0) is 18.3. The van der Waals surface area contributed by atoms with Crippen molar-refractivity contribution in [2.45, 2.75) is 37.2 Å². The Labute approximate surface area is 154 Å². The van der Waals surface area contributed by atoms with Crippen LogP contribution in [0.5, 0.6) is 0 Å². The van der Waals surface area contributed by atoms with E-state index in [9.17, 15) is 8.42 Å². The molecule has 3 aromatic rings. The summed E-state index contributed by atoms with van der Waals surface area (Å²) < 4.78 is 23.2. The predicted octanol–water partition coefficient (Wildman–Crippen LogP) is 3.61. The van der Waals surface area contributed by atoms with E-state index in [1.165, 1.54) is 11.8 Å². The van der Waals surface area contributed by atoms with Crippen molar-refractivity contribution in [2.24, 2.45) is 0 Å². The molecule has 2 heterocycles. The van der Waals surface area contributed by atoms with E-state index < -0.39 is 9.84 Å². The first-order valence-electron chi connectivity index (χ1n) is 8.90. The van der Waals surface area contributed by atoms with Crippen molar-refractivity contribution < 1.29 is 8.42 Å². The van der Waals surface area contributed by atoms with Gasteiger partial charge in [0.25, 0.3) is 0 Å². The maximum atomic E-state index is 11.6. The molecule has 0 spiro atoms. The van der Waals surface area contributed by atoms with Crippen LogP contribution in [0.15, 0.2) is 47.4 Å². The fraction of sp³-hybridized carbons (Fsp3) is 0.350. The van der Waals surface area contributed by atoms with Gasteiger partial charge in [-0.3, -0.25) is 4.90 Å². The fourth-order valence-corrected chi connectivity index (χ4v) is 4.38. The standard InChI is InChI=1S/C20H23N3O2S/c1-14-5-3-6-17-19(14)22-20(21-17)18-7-4-12-23(18)13-15-8-10-16(11-9-15)26(2,24)25/h3,5-6,8-11,18H,4,7,12-13H2,1-2H3,(H,21,22). The number of aromatic nitrogens is 2. The maximum absolute atomic E-state index is 11.6. The van der Waals surface area contributed by atoms with Gasteiger partial charge < -0.3 is 4.98 Å². The average molecular weight is 369 g/mol. The van der Waals surface area contributed by atoms with E-state index in [1.54, 1.807) is 12.1 Å². The van der Waals surface area contributed by atoms with Gasteiger partial charge in [0.05, 0.1) is 22.0 Å². The molecule has 1 N–H and O–H groups in total. The highest BCUT2D eigenvalue weighted by Gasteiger charge is 2.28. The smallest absolute Gasteiger partial charge is 0.175 e. The van der Waals surface area contributed by atoms with Gasteiger partial charge in [-0.2, -0.15) is 0 Å². The van der Waals surface area contributed by atoms with Crippen molar-refractivity contribution in [1.82, 2.24) is 14.9 Å². The van der Waals surface area contributed by atoms with Gasteiger partial charge in [0.1, 0.15) is 5.82 Å². The first kappa shape index (κ1) is 17.2. The van der Waals surface area contributed by atoms with Gasteiger partial charge in [0.2, 0.25) is 0 Å². The number of nitrogens with zero attached hydrogens (tertiary/aromatic N) is 2. The summed E-state index contributed by atoms with van der Waals surface area (Å²) in [6.07, 6.45) is 3.46. The minimum Gasteiger partial charge on any atom is -0.341 e. The number of aromatic amines is 1. The van der Waals surface area contributed by atoms with Crippen LogP contribution in [0, 0.1) is 6.92 Å². The lowest BCUT2D eigenvalue weighted by Gasteiger charge is -2.23. The number of imidazole rings is 1.